The van der Waals surface area contributed by atoms with Crippen molar-refractivity contribution in [3.8, 4) is 0 Å². The van der Waals surface area contributed by atoms with Gasteiger partial charge in [0.2, 0.25) is 10.0 Å². The minimum atomic E-state index is -3.40. The van der Waals surface area contributed by atoms with Crippen molar-refractivity contribution in [3.05, 3.63) is 24.0 Å². The maximum atomic E-state index is 12.1. The third-order valence-corrected chi connectivity index (χ3v) is 4.54. The van der Waals surface area contributed by atoms with Crippen LogP contribution in [0.1, 0.15) is 6.42 Å². The molecule has 0 aromatic carbocycles. The Morgan fingerprint density at radius 2 is 2.41 bits per heavy atom. The van der Waals surface area contributed by atoms with Gasteiger partial charge in [-0.15, -0.1) is 0 Å². The van der Waals surface area contributed by atoms with Crippen LogP contribution in [0.3, 0.4) is 0 Å². The summed E-state index contributed by atoms with van der Waals surface area (Å²) >= 11 is 0. The van der Waals surface area contributed by atoms with Gasteiger partial charge in [-0.2, -0.15) is 9.40 Å². The highest BCUT2D eigenvalue weighted by molar-refractivity contribution is 7.89. The van der Waals surface area contributed by atoms with Crippen LogP contribution >= 0.6 is 0 Å². The van der Waals surface area contributed by atoms with E-state index in [0.717, 1.165) is 5.57 Å². The quantitative estimate of drug-likeness (QED) is 0.791. The zero-order valence-electron chi connectivity index (χ0n) is 9.59. The molecule has 1 aromatic rings. The first kappa shape index (κ1) is 12.3. The van der Waals surface area contributed by atoms with Gasteiger partial charge < -0.3 is 4.74 Å². The molecule has 1 N–H and O–H groups in total. The van der Waals surface area contributed by atoms with Crippen molar-refractivity contribution in [2.24, 2.45) is 0 Å². The van der Waals surface area contributed by atoms with Crippen LogP contribution in [-0.4, -0.2) is 49.7 Å². The number of aromatic amines is 1. The van der Waals surface area contributed by atoms with E-state index in [0.29, 0.717) is 26.1 Å². The van der Waals surface area contributed by atoms with Crippen molar-refractivity contribution in [1.82, 2.24) is 14.5 Å². The summed E-state index contributed by atoms with van der Waals surface area (Å²) in [5.74, 6) is 0. The van der Waals surface area contributed by atoms with Gasteiger partial charge >= 0.3 is 0 Å². The summed E-state index contributed by atoms with van der Waals surface area (Å²) in [5, 5.41) is 6.17. The van der Waals surface area contributed by atoms with Gasteiger partial charge in [0.1, 0.15) is 4.90 Å². The van der Waals surface area contributed by atoms with E-state index >= 15 is 0 Å². The van der Waals surface area contributed by atoms with Crippen LogP contribution in [0.5, 0.6) is 0 Å². The number of nitrogens with zero attached hydrogens (tertiary/aromatic N) is 2. The molecule has 2 rings (SSSR count). The van der Waals surface area contributed by atoms with Crippen molar-refractivity contribution in [2.45, 2.75) is 11.3 Å². The third-order valence-electron chi connectivity index (χ3n) is 2.71. The molecular weight excluding hydrogens is 242 g/mol. The number of rotatable bonds is 4. The van der Waals surface area contributed by atoms with Crippen molar-refractivity contribution >= 4 is 10.0 Å². The van der Waals surface area contributed by atoms with Crippen LogP contribution in [0.15, 0.2) is 28.9 Å². The standard InChI is InChI=1S/C10H15N3O3S/c1-16-8-9-2-4-13(5-3-9)17(14,15)10-6-11-12-7-10/h2,6-7H,3-5,8H2,1H3,(H,11,12). The number of ether oxygens (including phenoxy) is 1. The Labute approximate surface area is 100 Å². The maximum Gasteiger partial charge on any atom is 0.246 e. The van der Waals surface area contributed by atoms with E-state index in [9.17, 15) is 8.42 Å². The van der Waals surface area contributed by atoms with E-state index in [1.165, 1.54) is 16.7 Å². The first-order valence-corrected chi connectivity index (χ1v) is 6.74. The number of aromatic nitrogens is 2. The molecule has 0 aliphatic carbocycles. The summed E-state index contributed by atoms with van der Waals surface area (Å²) in [6.07, 6.45) is 5.34. The second-order valence-corrected chi connectivity index (χ2v) is 5.78. The largest absolute Gasteiger partial charge is 0.380 e. The molecule has 7 heteroatoms. The Morgan fingerprint density at radius 1 is 1.59 bits per heavy atom. The van der Waals surface area contributed by atoms with Gasteiger partial charge in [-0.05, 0) is 12.0 Å². The summed E-state index contributed by atoms with van der Waals surface area (Å²) in [6, 6.07) is 0. The van der Waals surface area contributed by atoms with Gasteiger partial charge in [0.05, 0.1) is 12.8 Å². The Balaban J connectivity index is 2.11. The van der Waals surface area contributed by atoms with Crippen LogP contribution in [0, 0.1) is 0 Å². The predicted molar refractivity (Wildman–Crippen MR) is 61.9 cm³/mol. The zero-order chi connectivity index (χ0) is 12.3. The number of hydrogen-bond acceptors (Lipinski definition) is 4. The van der Waals surface area contributed by atoms with Crippen molar-refractivity contribution in [2.75, 3.05) is 26.8 Å². The summed E-state index contributed by atoms with van der Waals surface area (Å²) in [6.45, 7) is 1.45. The molecule has 0 saturated carbocycles. The van der Waals surface area contributed by atoms with Crippen LogP contribution in [0.2, 0.25) is 0 Å². The first-order chi connectivity index (χ1) is 8.14. The fourth-order valence-electron chi connectivity index (χ4n) is 1.76. The molecule has 1 aliphatic heterocycles. The zero-order valence-corrected chi connectivity index (χ0v) is 10.4. The number of H-pyrrole nitrogens is 1. The number of sulfonamides is 1. The Hall–Kier alpha value is -1.18. The Bertz CT molecular complexity index is 493. The molecule has 0 saturated heterocycles. The predicted octanol–water partition coefficient (Wildman–Crippen LogP) is 0.377. The lowest BCUT2D eigenvalue weighted by Crippen LogP contribution is -2.35. The molecule has 1 aliphatic rings. The third kappa shape index (κ3) is 2.56. The average Bonchev–Trinajstić information content (AvgIpc) is 2.84. The van der Waals surface area contributed by atoms with E-state index < -0.39 is 10.0 Å². The van der Waals surface area contributed by atoms with Gasteiger partial charge in [-0.25, -0.2) is 8.42 Å². The van der Waals surface area contributed by atoms with Crippen LogP contribution < -0.4 is 0 Å². The number of hydrogen-bond donors (Lipinski definition) is 1. The first-order valence-electron chi connectivity index (χ1n) is 5.30. The van der Waals surface area contributed by atoms with Gasteiger partial charge in [0, 0.05) is 26.4 Å². The molecule has 0 atom stereocenters. The average molecular weight is 257 g/mol. The van der Waals surface area contributed by atoms with Crippen molar-refractivity contribution in [3.63, 3.8) is 0 Å². The highest BCUT2D eigenvalue weighted by Crippen LogP contribution is 2.19. The SMILES string of the molecule is COCC1=CCN(S(=O)(=O)c2cn[nH]c2)CC1. The molecule has 2 heterocycles. The van der Waals surface area contributed by atoms with Gasteiger partial charge in [0.15, 0.2) is 0 Å². The molecule has 0 radical (unpaired) electrons. The topological polar surface area (TPSA) is 75.3 Å². The second kappa shape index (κ2) is 4.99. The molecule has 1 aromatic heterocycles. The normalized spacial score (nSPS) is 18.1. The summed E-state index contributed by atoms with van der Waals surface area (Å²) in [5.41, 5.74) is 1.14. The molecule has 0 fully saturated rings. The highest BCUT2D eigenvalue weighted by Gasteiger charge is 2.26. The highest BCUT2D eigenvalue weighted by atomic mass is 32.2. The second-order valence-electron chi connectivity index (χ2n) is 3.84. The van der Waals surface area contributed by atoms with Gasteiger partial charge in [-0.3, -0.25) is 5.10 Å². The van der Waals surface area contributed by atoms with E-state index in [2.05, 4.69) is 10.2 Å². The molecule has 0 amide bonds. The molecule has 0 unspecified atom stereocenters. The smallest absolute Gasteiger partial charge is 0.246 e. The lowest BCUT2D eigenvalue weighted by Gasteiger charge is -2.24. The van der Waals surface area contributed by atoms with Gasteiger partial charge in [0.25, 0.3) is 0 Å². The molecule has 6 nitrogen and oxygen atoms in total. The fourth-order valence-corrected chi connectivity index (χ4v) is 3.04. The Morgan fingerprint density at radius 3 is 2.94 bits per heavy atom. The maximum absolute atomic E-state index is 12.1. The lowest BCUT2D eigenvalue weighted by atomic mass is 10.1. The van der Waals surface area contributed by atoms with Crippen LogP contribution in [0.25, 0.3) is 0 Å². The molecular formula is C10H15N3O3S. The minimum Gasteiger partial charge on any atom is -0.380 e. The summed E-state index contributed by atoms with van der Waals surface area (Å²) < 4.78 is 30.7. The number of methoxy groups -OCH3 is 1. The van der Waals surface area contributed by atoms with E-state index in [-0.39, 0.29) is 4.90 Å². The molecule has 94 valence electrons. The van der Waals surface area contributed by atoms with E-state index in [4.69, 9.17) is 4.74 Å². The summed E-state index contributed by atoms with van der Waals surface area (Å²) in [7, 11) is -1.77. The van der Waals surface area contributed by atoms with Crippen LogP contribution in [0.4, 0.5) is 0 Å². The number of nitrogens with one attached hydrogen (secondary N) is 1. The van der Waals surface area contributed by atoms with E-state index in [1.54, 1.807) is 7.11 Å². The minimum absolute atomic E-state index is 0.209. The fraction of sp³-hybridized carbons (Fsp3) is 0.500. The van der Waals surface area contributed by atoms with Crippen molar-refractivity contribution < 1.29 is 13.2 Å². The molecule has 17 heavy (non-hydrogen) atoms. The van der Waals surface area contributed by atoms with E-state index in [1.807, 2.05) is 6.08 Å². The monoisotopic (exact) mass is 257 g/mol. The summed E-state index contributed by atoms with van der Waals surface area (Å²) in [4.78, 5) is 0.209. The molecule has 0 spiro atoms. The Kier molecular flexibility index (Phi) is 3.60. The van der Waals surface area contributed by atoms with Crippen LogP contribution in [-0.2, 0) is 14.8 Å². The lowest BCUT2D eigenvalue weighted by molar-refractivity contribution is 0.219. The molecule has 0 bridgehead atoms. The van der Waals surface area contributed by atoms with Gasteiger partial charge in [-0.1, -0.05) is 6.08 Å². The van der Waals surface area contributed by atoms with Crippen molar-refractivity contribution in [1.29, 1.82) is 0 Å².